The van der Waals surface area contributed by atoms with E-state index in [9.17, 15) is 14.7 Å². The molecule has 4 aromatic rings. The fraction of sp³-hybridized carbons (Fsp3) is 0.303. The van der Waals surface area contributed by atoms with Gasteiger partial charge in [0.1, 0.15) is 11.5 Å². The number of aliphatic hydroxyl groups excluding tert-OH is 1. The summed E-state index contributed by atoms with van der Waals surface area (Å²) in [5.74, 6) is -0.273. The normalized spacial score (nSPS) is 16.3. The molecule has 2 heterocycles. The first kappa shape index (κ1) is 29.1. The number of carbonyl (C=O) groups excluding carboxylic acids is 2. The average molecular weight is 587 g/mol. The van der Waals surface area contributed by atoms with Crippen LogP contribution in [-0.4, -0.2) is 42.1 Å². The lowest BCUT2D eigenvalue weighted by atomic mass is 9.95. The number of aliphatic hydroxyl groups is 1. The number of anilines is 1. The summed E-state index contributed by atoms with van der Waals surface area (Å²) in [7, 11) is 1.54. The van der Waals surface area contributed by atoms with E-state index in [1.807, 2.05) is 32.0 Å². The van der Waals surface area contributed by atoms with Gasteiger partial charge in [0.15, 0.2) is 16.6 Å². The maximum absolute atomic E-state index is 13.7. The Labute approximate surface area is 249 Å². The number of aryl methyl sites for hydroxylation is 1. The minimum Gasteiger partial charge on any atom is -0.507 e. The number of ketones is 1. The molecule has 1 unspecified atom stereocenters. The van der Waals surface area contributed by atoms with Gasteiger partial charge in [-0.05, 0) is 67.3 Å². The molecule has 0 bridgehead atoms. The van der Waals surface area contributed by atoms with E-state index in [1.54, 1.807) is 49.6 Å². The van der Waals surface area contributed by atoms with Crippen molar-refractivity contribution in [3.63, 3.8) is 0 Å². The molecule has 3 aromatic carbocycles. The summed E-state index contributed by atoms with van der Waals surface area (Å²) in [6, 6.07) is 17.1. The van der Waals surface area contributed by atoms with Crippen molar-refractivity contribution in [2.24, 2.45) is 0 Å². The highest BCUT2D eigenvalue weighted by molar-refractivity contribution is 7.22. The van der Waals surface area contributed by atoms with Crippen LogP contribution >= 0.6 is 11.3 Å². The Balaban J connectivity index is 1.67. The summed E-state index contributed by atoms with van der Waals surface area (Å²) in [6.07, 6.45) is 2.70. The largest absolute Gasteiger partial charge is 0.507 e. The van der Waals surface area contributed by atoms with Gasteiger partial charge in [0.25, 0.3) is 5.78 Å². The maximum atomic E-state index is 13.7. The second-order valence-electron chi connectivity index (χ2n) is 10.1. The molecule has 1 aliphatic rings. The first-order chi connectivity index (χ1) is 20.4. The lowest BCUT2D eigenvalue weighted by Gasteiger charge is -2.24. The minimum atomic E-state index is -0.953. The van der Waals surface area contributed by atoms with Crippen molar-refractivity contribution in [2.45, 2.75) is 46.1 Å². The van der Waals surface area contributed by atoms with E-state index in [-0.39, 0.29) is 11.3 Å². The van der Waals surface area contributed by atoms with Crippen molar-refractivity contribution >= 4 is 44.1 Å². The topological polar surface area (TPSA) is 98.2 Å². The third-order valence-electron chi connectivity index (χ3n) is 7.02. The molecule has 1 saturated heterocycles. The maximum Gasteiger partial charge on any atom is 0.301 e. The Morgan fingerprint density at radius 3 is 2.57 bits per heavy atom. The molecule has 8 nitrogen and oxygen atoms in total. The number of hydrogen-bond donors (Lipinski definition) is 1. The molecule has 42 heavy (non-hydrogen) atoms. The molecule has 1 aliphatic heterocycles. The Bertz CT molecular complexity index is 1660. The van der Waals surface area contributed by atoms with Gasteiger partial charge in [-0.2, -0.15) is 0 Å². The van der Waals surface area contributed by atoms with Crippen molar-refractivity contribution in [2.75, 3.05) is 25.2 Å². The zero-order valence-corrected chi connectivity index (χ0v) is 25.0. The van der Waals surface area contributed by atoms with Crippen molar-refractivity contribution < 1.29 is 28.9 Å². The van der Waals surface area contributed by atoms with Gasteiger partial charge in [-0.3, -0.25) is 14.5 Å². The quantitative estimate of drug-likeness (QED) is 0.0858. The van der Waals surface area contributed by atoms with E-state index >= 15 is 0 Å². The van der Waals surface area contributed by atoms with E-state index in [0.717, 1.165) is 35.0 Å². The van der Waals surface area contributed by atoms with Gasteiger partial charge in [-0.15, -0.1) is 0 Å². The molecular formula is C33H34N2O6S. The standard InChI is InChI=1S/C33H34N2O6S/c1-5-7-16-41-25-14-12-21(19-26(25)39-4)29-28(30(36)22-9-8-10-23(18-22)40-15-6-2)31(37)32(38)35(29)33-34-24-13-11-20(3)17-27(24)42-33/h8-14,17-19,29,36H,5-7,15-16H2,1-4H3/b30-28+. The molecule has 0 spiro atoms. The van der Waals surface area contributed by atoms with Crippen molar-refractivity contribution in [3.8, 4) is 17.2 Å². The summed E-state index contributed by atoms with van der Waals surface area (Å²) >= 11 is 1.32. The van der Waals surface area contributed by atoms with Crippen LogP contribution in [0.1, 0.15) is 55.8 Å². The molecule has 0 saturated carbocycles. The van der Waals surface area contributed by atoms with Crippen LogP contribution in [0, 0.1) is 6.92 Å². The van der Waals surface area contributed by atoms with Crippen LogP contribution in [0.3, 0.4) is 0 Å². The molecular weight excluding hydrogens is 552 g/mol. The molecule has 1 atom stereocenters. The number of thiazole rings is 1. The fourth-order valence-electron chi connectivity index (χ4n) is 4.88. The lowest BCUT2D eigenvalue weighted by molar-refractivity contribution is -0.132. The number of carbonyl (C=O) groups is 2. The number of unbranched alkanes of at least 4 members (excludes halogenated alkanes) is 1. The average Bonchev–Trinajstić information content (AvgIpc) is 3.53. The van der Waals surface area contributed by atoms with Crippen LogP contribution in [0.5, 0.6) is 17.2 Å². The van der Waals surface area contributed by atoms with Gasteiger partial charge in [-0.1, -0.05) is 55.9 Å². The highest BCUT2D eigenvalue weighted by atomic mass is 32.1. The molecule has 0 radical (unpaired) electrons. The predicted octanol–water partition coefficient (Wildman–Crippen LogP) is 7.21. The summed E-state index contributed by atoms with van der Waals surface area (Å²) in [5.41, 5.74) is 2.69. The van der Waals surface area contributed by atoms with Crippen molar-refractivity contribution in [3.05, 3.63) is 82.9 Å². The Morgan fingerprint density at radius 2 is 1.81 bits per heavy atom. The summed E-state index contributed by atoms with van der Waals surface area (Å²) < 4.78 is 18.2. The number of ether oxygens (including phenoxy) is 3. The molecule has 5 rings (SSSR count). The van der Waals surface area contributed by atoms with Crippen LogP contribution in [0.25, 0.3) is 16.0 Å². The highest BCUT2D eigenvalue weighted by Gasteiger charge is 2.48. The predicted molar refractivity (Wildman–Crippen MR) is 165 cm³/mol. The number of nitrogens with zero attached hydrogens (tertiary/aromatic N) is 2. The zero-order valence-electron chi connectivity index (χ0n) is 24.2. The minimum absolute atomic E-state index is 0.0372. The van der Waals surface area contributed by atoms with Crippen LogP contribution in [0.15, 0.2) is 66.2 Å². The first-order valence-corrected chi connectivity index (χ1v) is 14.9. The summed E-state index contributed by atoms with van der Waals surface area (Å²) in [6.45, 7) is 7.12. The Kier molecular flexibility index (Phi) is 8.77. The van der Waals surface area contributed by atoms with Crippen LogP contribution in [0.4, 0.5) is 5.13 Å². The SMILES string of the molecule is CCCCOc1ccc(C2/C(=C(\O)c3cccc(OCCC)c3)C(=O)C(=O)N2c2nc3ccc(C)cc3s2)cc1OC. The summed E-state index contributed by atoms with van der Waals surface area (Å²) in [5, 5.41) is 12.0. The number of hydrogen-bond acceptors (Lipinski definition) is 8. The smallest absolute Gasteiger partial charge is 0.301 e. The molecule has 1 amide bonds. The molecule has 1 aromatic heterocycles. The van der Waals surface area contributed by atoms with Gasteiger partial charge >= 0.3 is 5.91 Å². The number of methoxy groups -OCH3 is 1. The molecule has 1 N–H and O–H groups in total. The Hall–Kier alpha value is -4.37. The van der Waals surface area contributed by atoms with Crippen molar-refractivity contribution in [1.82, 2.24) is 4.98 Å². The van der Waals surface area contributed by atoms with Crippen LogP contribution in [0.2, 0.25) is 0 Å². The van der Waals surface area contributed by atoms with Crippen LogP contribution < -0.4 is 19.1 Å². The number of Topliss-reactive ketones (excluding diaryl/α,β-unsaturated/α-hetero) is 1. The number of aromatic nitrogens is 1. The molecule has 9 heteroatoms. The van der Waals surface area contributed by atoms with Gasteiger partial charge in [0.05, 0.1) is 42.2 Å². The van der Waals surface area contributed by atoms with Crippen LogP contribution in [-0.2, 0) is 9.59 Å². The van der Waals surface area contributed by atoms with E-state index in [1.165, 1.54) is 16.2 Å². The van der Waals surface area contributed by atoms with E-state index < -0.39 is 17.7 Å². The number of benzene rings is 3. The highest BCUT2D eigenvalue weighted by Crippen LogP contribution is 2.46. The summed E-state index contributed by atoms with van der Waals surface area (Å²) in [4.78, 5) is 33.5. The fourth-order valence-corrected chi connectivity index (χ4v) is 5.97. The first-order valence-electron chi connectivity index (χ1n) is 14.1. The third kappa shape index (κ3) is 5.69. The molecule has 1 fully saturated rings. The van der Waals surface area contributed by atoms with Crippen molar-refractivity contribution in [1.29, 1.82) is 0 Å². The van der Waals surface area contributed by atoms with E-state index in [4.69, 9.17) is 19.2 Å². The van der Waals surface area contributed by atoms with E-state index in [0.29, 0.717) is 46.7 Å². The van der Waals surface area contributed by atoms with Gasteiger partial charge < -0.3 is 19.3 Å². The second kappa shape index (κ2) is 12.7. The number of amides is 1. The number of rotatable bonds is 11. The lowest BCUT2D eigenvalue weighted by Crippen LogP contribution is -2.29. The van der Waals surface area contributed by atoms with Gasteiger partial charge in [-0.25, -0.2) is 4.98 Å². The Morgan fingerprint density at radius 1 is 0.976 bits per heavy atom. The van der Waals surface area contributed by atoms with Gasteiger partial charge in [0.2, 0.25) is 0 Å². The second-order valence-corrected chi connectivity index (χ2v) is 11.1. The third-order valence-corrected chi connectivity index (χ3v) is 8.04. The molecule has 218 valence electrons. The zero-order chi connectivity index (χ0) is 29.8. The number of fused-ring (bicyclic) bond motifs is 1. The molecule has 0 aliphatic carbocycles. The van der Waals surface area contributed by atoms with E-state index in [2.05, 4.69) is 6.92 Å². The monoisotopic (exact) mass is 586 g/mol. The van der Waals surface area contributed by atoms with Gasteiger partial charge in [0, 0.05) is 5.56 Å².